The van der Waals surface area contributed by atoms with Gasteiger partial charge in [-0.05, 0) is 69.3 Å². The number of carbonyl (C=O) groups is 1. The molecule has 0 aromatic heterocycles. The van der Waals surface area contributed by atoms with Gasteiger partial charge in [-0.25, -0.2) is 8.98 Å². The van der Waals surface area contributed by atoms with Gasteiger partial charge in [0.25, 0.3) is 5.69 Å². The Labute approximate surface area is 175 Å². The average Bonchev–Trinajstić information content (AvgIpc) is 2.66. The number of ether oxygens (including phenoxy) is 1. The Balaban J connectivity index is 1.67. The molecule has 1 aromatic rings. The molecule has 4 aliphatic rings. The predicted molar refractivity (Wildman–Crippen MR) is 107 cm³/mol. The fourth-order valence-corrected chi connectivity index (χ4v) is 6.93. The van der Waals surface area contributed by atoms with Gasteiger partial charge in [0.05, 0.1) is 4.92 Å². The van der Waals surface area contributed by atoms with Crippen molar-refractivity contribution < 1.29 is 27.1 Å². The summed E-state index contributed by atoms with van der Waals surface area (Å²) in [4.78, 5) is 22.4. The predicted octanol–water partition coefficient (Wildman–Crippen LogP) is 3.96. The minimum atomic E-state index is -4.39. The van der Waals surface area contributed by atoms with Crippen molar-refractivity contribution in [2.75, 3.05) is 0 Å². The smallest absolute Gasteiger partial charge is 0.335 e. The first kappa shape index (κ1) is 21.0. The third kappa shape index (κ3) is 3.88. The fraction of sp³-hybridized carbons (Fsp3) is 0.571. The Morgan fingerprint density at radius 1 is 1.20 bits per heavy atom. The zero-order valence-corrected chi connectivity index (χ0v) is 17.6. The molecule has 0 radical (unpaired) electrons. The molecule has 0 heterocycles. The van der Waals surface area contributed by atoms with Crippen molar-refractivity contribution in [3.05, 3.63) is 46.5 Å². The van der Waals surface area contributed by atoms with Crippen LogP contribution in [-0.4, -0.2) is 25.6 Å². The second-order valence-electron chi connectivity index (χ2n) is 9.10. The standard InChI is InChI=1S/C21H25NO7S/c1-13(2)19(23)28-20(21-10-14-6-15(11-21)8-16(7-14)12-21)29-30(26,27)18-5-3-4-17(9-18)22(24)25/h3-5,9,14-16,20H,1,6-8,10-12H2,2H3. The van der Waals surface area contributed by atoms with Crippen LogP contribution >= 0.6 is 0 Å². The molecular weight excluding hydrogens is 410 g/mol. The molecule has 4 bridgehead atoms. The van der Waals surface area contributed by atoms with E-state index < -0.39 is 32.7 Å². The first-order valence-electron chi connectivity index (χ1n) is 10.1. The van der Waals surface area contributed by atoms with Gasteiger partial charge >= 0.3 is 16.1 Å². The SMILES string of the molecule is C=C(C)C(=O)OC(OS(=O)(=O)c1cccc([N+](=O)[O-])c1)C12CC3CC(CC(C3)C1)C2. The lowest BCUT2D eigenvalue weighted by Crippen LogP contribution is -2.54. The Kier molecular flexibility index (Phi) is 5.22. The maximum Gasteiger partial charge on any atom is 0.335 e. The molecule has 0 saturated heterocycles. The number of rotatable bonds is 7. The van der Waals surface area contributed by atoms with Gasteiger partial charge in [-0.2, -0.15) is 8.42 Å². The van der Waals surface area contributed by atoms with E-state index in [1.54, 1.807) is 0 Å². The van der Waals surface area contributed by atoms with Crippen molar-refractivity contribution in [2.45, 2.75) is 56.6 Å². The zero-order chi connectivity index (χ0) is 21.7. The minimum absolute atomic E-state index is 0.154. The van der Waals surface area contributed by atoms with Crippen molar-refractivity contribution in [3.63, 3.8) is 0 Å². The molecule has 8 nitrogen and oxygen atoms in total. The van der Waals surface area contributed by atoms with Crippen LogP contribution in [0.1, 0.15) is 45.4 Å². The number of esters is 1. The Morgan fingerprint density at radius 3 is 2.27 bits per heavy atom. The van der Waals surface area contributed by atoms with E-state index in [2.05, 4.69) is 6.58 Å². The van der Waals surface area contributed by atoms with Gasteiger partial charge in [-0.15, -0.1) is 0 Å². The first-order chi connectivity index (χ1) is 14.1. The van der Waals surface area contributed by atoms with Crippen LogP contribution in [0.5, 0.6) is 0 Å². The van der Waals surface area contributed by atoms with Gasteiger partial charge in [0.1, 0.15) is 4.90 Å². The van der Waals surface area contributed by atoms with Gasteiger partial charge in [-0.3, -0.25) is 10.1 Å². The zero-order valence-electron chi connectivity index (χ0n) is 16.8. The number of non-ortho nitro benzene ring substituents is 1. The largest absolute Gasteiger partial charge is 0.431 e. The number of nitro benzene ring substituents is 1. The van der Waals surface area contributed by atoms with Crippen molar-refractivity contribution >= 4 is 21.8 Å². The lowest BCUT2D eigenvalue weighted by Gasteiger charge is -2.57. The topological polar surface area (TPSA) is 113 Å². The number of hydrogen-bond acceptors (Lipinski definition) is 7. The average molecular weight is 435 g/mol. The van der Waals surface area contributed by atoms with E-state index in [1.165, 1.54) is 25.1 Å². The van der Waals surface area contributed by atoms with E-state index >= 15 is 0 Å². The summed E-state index contributed by atoms with van der Waals surface area (Å²) < 4.78 is 37.1. The Bertz CT molecular complexity index is 965. The van der Waals surface area contributed by atoms with Crippen LogP contribution in [0.15, 0.2) is 41.3 Å². The molecule has 5 rings (SSSR count). The Morgan fingerprint density at radius 2 is 1.77 bits per heavy atom. The van der Waals surface area contributed by atoms with Gasteiger partial charge in [0, 0.05) is 23.1 Å². The summed E-state index contributed by atoms with van der Waals surface area (Å²) in [5.41, 5.74) is -0.765. The summed E-state index contributed by atoms with van der Waals surface area (Å²) in [5.74, 6) is 0.731. The molecule has 0 aliphatic heterocycles. The molecule has 4 saturated carbocycles. The highest BCUT2D eigenvalue weighted by Gasteiger charge is 2.57. The number of benzene rings is 1. The molecular formula is C21H25NO7S. The highest BCUT2D eigenvalue weighted by molar-refractivity contribution is 7.86. The third-order valence-electron chi connectivity index (χ3n) is 6.68. The summed E-state index contributed by atoms with van der Waals surface area (Å²) in [6, 6.07) is 4.68. The first-order valence-corrected chi connectivity index (χ1v) is 11.5. The lowest BCUT2D eigenvalue weighted by molar-refractivity contribution is -0.385. The summed E-state index contributed by atoms with van der Waals surface area (Å²) in [6.07, 6.45) is 4.33. The molecule has 4 aliphatic carbocycles. The number of nitro groups is 1. The number of carbonyl (C=O) groups excluding carboxylic acids is 1. The Hall–Kier alpha value is -2.26. The van der Waals surface area contributed by atoms with Crippen molar-refractivity contribution in [3.8, 4) is 0 Å². The second-order valence-corrected chi connectivity index (χ2v) is 10.7. The molecule has 0 amide bonds. The van der Waals surface area contributed by atoms with Crippen LogP contribution in [-0.2, 0) is 23.8 Å². The summed E-state index contributed by atoms with van der Waals surface area (Å²) >= 11 is 0. The van der Waals surface area contributed by atoms with E-state index in [0.29, 0.717) is 17.8 Å². The van der Waals surface area contributed by atoms with E-state index in [0.717, 1.165) is 44.6 Å². The maximum atomic E-state index is 13.0. The van der Waals surface area contributed by atoms with Gasteiger partial charge in [-0.1, -0.05) is 12.6 Å². The summed E-state index contributed by atoms with van der Waals surface area (Å²) in [5, 5.41) is 11.0. The van der Waals surface area contributed by atoms with Gasteiger partial charge in [0.2, 0.25) is 6.29 Å². The molecule has 4 fully saturated rings. The van der Waals surface area contributed by atoms with Gasteiger partial charge < -0.3 is 4.74 Å². The van der Waals surface area contributed by atoms with Crippen molar-refractivity contribution in [1.29, 1.82) is 0 Å². The molecule has 0 N–H and O–H groups in total. The highest BCUT2D eigenvalue weighted by atomic mass is 32.2. The van der Waals surface area contributed by atoms with Crippen LogP contribution in [0.3, 0.4) is 0 Å². The monoisotopic (exact) mass is 435 g/mol. The lowest BCUT2D eigenvalue weighted by atomic mass is 9.49. The summed E-state index contributed by atoms with van der Waals surface area (Å²) in [7, 11) is -4.39. The minimum Gasteiger partial charge on any atom is -0.431 e. The van der Waals surface area contributed by atoms with E-state index in [-0.39, 0.29) is 16.2 Å². The second kappa shape index (κ2) is 7.46. The maximum absolute atomic E-state index is 13.0. The quantitative estimate of drug-likeness (QED) is 0.159. The molecule has 1 aromatic carbocycles. The van der Waals surface area contributed by atoms with Crippen LogP contribution in [0.25, 0.3) is 0 Å². The molecule has 0 spiro atoms. The van der Waals surface area contributed by atoms with Crippen LogP contribution in [0.2, 0.25) is 0 Å². The van der Waals surface area contributed by atoms with Crippen LogP contribution in [0.4, 0.5) is 5.69 Å². The normalized spacial score (nSPS) is 30.6. The number of nitrogens with zero attached hydrogens (tertiary/aromatic N) is 1. The fourth-order valence-electron chi connectivity index (χ4n) is 5.83. The number of hydrogen-bond donors (Lipinski definition) is 0. The van der Waals surface area contributed by atoms with E-state index in [9.17, 15) is 23.3 Å². The molecule has 9 heteroatoms. The van der Waals surface area contributed by atoms with Crippen LogP contribution in [0, 0.1) is 33.3 Å². The van der Waals surface area contributed by atoms with E-state index in [4.69, 9.17) is 8.92 Å². The molecule has 1 unspecified atom stereocenters. The third-order valence-corrected chi connectivity index (χ3v) is 7.94. The molecule has 162 valence electrons. The summed E-state index contributed by atoms with van der Waals surface area (Å²) in [6.45, 7) is 5.08. The molecule has 1 atom stereocenters. The van der Waals surface area contributed by atoms with Crippen molar-refractivity contribution in [2.24, 2.45) is 23.2 Å². The molecule has 30 heavy (non-hydrogen) atoms. The van der Waals surface area contributed by atoms with Crippen LogP contribution < -0.4 is 0 Å². The highest BCUT2D eigenvalue weighted by Crippen LogP contribution is 2.62. The van der Waals surface area contributed by atoms with E-state index in [1.807, 2.05) is 0 Å². The van der Waals surface area contributed by atoms with Gasteiger partial charge in [0.15, 0.2) is 0 Å². The van der Waals surface area contributed by atoms with Crippen molar-refractivity contribution in [1.82, 2.24) is 0 Å².